The number of aliphatic hydroxyl groups is 1. The zero-order valence-electron chi connectivity index (χ0n) is 27.7. The molecule has 0 aliphatic carbocycles. The number of nitrogens with zero attached hydrogens (tertiary/aromatic N) is 2. The maximum Gasteiger partial charge on any atom is 0.261 e. The SMILES string of the molecule is C[C@@H](c1ccccc1)N(C)C[C@H]1C[C@@H](c2ccc(CO)cc2)O[C@@H](c2ccc(-c3ccccc3CN3C(=O)c4ccccc4C3=O)cc2)O1. The molecule has 7 nitrogen and oxygen atoms in total. The summed E-state index contributed by atoms with van der Waals surface area (Å²) >= 11 is 0. The van der Waals surface area contributed by atoms with Crippen molar-refractivity contribution < 1.29 is 24.2 Å². The molecule has 2 heterocycles. The quantitative estimate of drug-likeness (QED) is 0.155. The molecule has 0 radical (unpaired) electrons. The van der Waals surface area contributed by atoms with Gasteiger partial charge in [0.05, 0.1) is 36.5 Å². The van der Waals surface area contributed by atoms with Gasteiger partial charge in [-0.15, -0.1) is 0 Å². The second kappa shape index (κ2) is 14.3. The van der Waals surface area contributed by atoms with Crippen LogP contribution in [0.1, 0.15) is 80.3 Å². The van der Waals surface area contributed by atoms with E-state index >= 15 is 0 Å². The fraction of sp³-hybridized carbons (Fsp3) is 0.238. The summed E-state index contributed by atoms with van der Waals surface area (Å²) in [6.07, 6.45) is -0.150. The molecule has 0 bridgehead atoms. The van der Waals surface area contributed by atoms with Crippen LogP contribution in [-0.4, -0.2) is 46.4 Å². The van der Waals surface area contributed by atoms with Crippen molar-refractivity contribution in [2.75, 3.05) is 13.6 Å². The molecule has 248 valence electrons. The Morgan fingerprint density at radius 2 is 1.33 bits per heavy atom. The summed E-state index contributed by atoms with van der Waals surface area (Å²) in [4.78, 5) is 29.9. The molecular weight excluding hydrogens is 612 g/mol. The van der Waals surface area contributed by atoms with Crippen LogP contribution < -0.4 is 0 Å². The van der Waals surface area contributed by atoms with Gasteiger partial charge in [0.15, 0.2) is 6.29 Å². The summed E-state index contributed by atoms with van der Waals surface area (Å²) in [5.41, 5.74) is 7.77. The minimum Gasteiger partial charge on any atom is -0.392 e. The van der Waals surface area contributed by atoms with Gasteiger partial charge in [-0.2, -0.15) is 0 Å². The molecule has 5 aromatic rings. The van der Waals surface area contributed by atoms with Gasteiger partial charge in [0.25, 0.3) is 11.8 Å². The molecule has 7 heteroatoms. The lowest BCUT2D eigenvalue weighted by atomic mass is 9.97. The van der Waals surface area contributed by atoms with Gasteiger partial charge in [-0.05, 0) is 59.5 Å². The molecule has 0 spiro atoms. The van der Waals surface area contributed by atoms with Crippen LogP contribution in [0.2, 0.25) is 0 Å². The van der Waals surface area contributed by atoms with Gasteiger partial charge in [-0.1, -0.05) is 115 Å². The zero-order valence-corrected chi connectivity index (χ0v) is 27.7. The normalized spacial score (nSPS) is 19.7. The van der Waals surface area contributed by atoms with Crippen molar-refractivity contribution in [2.24, 2.45) is 0 Å². The Bertz CT molecular complexity index is 1890. The molecule has 49 heavy (non-hydrogen) atoms. The summed E-state index contributed by atoms with van der Waals surface area (Å²) in [6, 6.07) is 41.6. The Morgan fingerprint density at radius 3 is 1.98 bits per heavy atom. The first-order chi connectivity index (χ1) is 23.9. The lowest BCUT2D eigenvalue weighted by Gasteiger charge is -2.39. The van der Waals surface area contributed by atoms with E-state index in [4.69, 9.17) is 9.47 Å². The van der Waals surface area contributed by atoms with Crippen molar-refractivity contribution in [3.63, 3.8) is 0 Å². The van der Waals surface area contributed by atoms with Gasteiger partial charge in [0.1, 0.15) is 0 Å². The number of carbonyl (C=O) groups is 2. The molecule has 1 N–H and O–H groups in total. The molecular formula is C42H40N2O5. The highest BCUT2D eigenvalue weighted by Crippen LogP contribution is 2.39. The van der Waals surface area contributed by atoms with Gasteiger partial charge in [-0.3, -0.25) is 19.4 Å². The second-order valence-electron chi connectivity index (χ2n) is 12.9. The maximum absolute atomic E-state index is 13.1. The van der Waals surface area contributed by atoms with Crippen molar-refractivity contribution in [1.29, 1.82) is 0 Å². The summed E-state index contributed by atoms with van der Waals surface area (Å²) < 4.78 is 13.3. The van der Waals surface area contributed by atoms with Gasteiger partial charge in [-0.25, -0.2) is 0 Å². The van der Waals surface area contributed by atoms with Crippen molar-refractivity contribution in [3.05, 3.63) is 166 Å². The maximum atomic E-state index is 13.1. The number of benzene rings is 5. The fourth-order valence-corrected chi connectivity index (χ4v) is 6.81. The molecule has 1 saturated heterocycles. The predicted octanol–water partition coefficient (Wildman–Crippen LogP) is 7.88. The molecule has 5 aromatic carbocycles. The summed E-state index contributed by atoms with van der Waals surface area (Å²) in [5, 5.41) is 9.58. The monoisotopic (exact) mass is 652 g/mol. The van der Waals surface area contributed by atoms with Crippen molar-refractivity contribution >= 4 is 11.8 Å². The van der Waals surface area contributed by atoms with Crippen LogP contribution in [0.5, 0.6) is 0 Å². The lowest BCUT2D eigenvalue weighted by molar-refractivity contribution is -0.253. The molecule has 1 fully saturated rings. The highest BCUT2D eigenvalue weighted by Gasteiger charge is 2.36. The molecule has 0 saturated carbocycles. The number of hydrogen-bond donors (Lipinski definition) is 1. The number of ether oxygens (including phenoxy) is 2. The average Bonchev–Trinajstić information content (AvgIpc) is 3.39. The Kier molecular flexibility index (Phi) is 9.51. The van der Waals surface area contributed by atoms with E-state index in [2.05, 4.69) is 43.1 Å². The molecule has 2 aliphatic heterocycles. The van der Waals surface area contributed by atoms with E-state index in [1.807, 2.05) is 78.9 Å². The first-order valence-electron chi connectivity index (χ1n) is 16.8. The molecule has 2 amide bonds. The second-order valence-corrected chi connectivity index (χ2v) is 12.9. The number of aliphatic hydroxyl groups excluding tert-OH is 1. The Hall–Kier alpha value is -4.92. The number of hydrogen-bond acceptors (Lipinski definition) is 6. The average molecular weight is 653 g/mol. The summed E-state index contributed by atoms with van der Waals surface area (Å²) in [7, 11) is 2.13. The van der Waals surface area contributed by atoms with Gasteiger partial charge in [0, 0.05) is 24.6 Å². The van der Waals surface area contributed by atoms with Crippen LogP contribution in [0.3, 0.4) is 0 Å². The number of carbonyl (C=O) groups excluding carboxylic acids is 2. The minimum absolute atomic E-state index is 0.00386. The highest BCUT2D eigenvalue weighted by molar-refractivity contribution is 6.21. The van der Waals surface area contributed by atoms with Crippen LogP contribution >= 0.6 is 0 Å². The number of fused-ring (bicyclic) bond motifs is 1. The number of rotatable bonds is 10. The zero-order chi connectivity index (χ0) is 33.9. The number of likely N-dealkylation sites (N-methyl/N-ethyl adjacent to an activating group) is 1. The van der Waals surface area contributed by atoms with Crippen LogP contribution in [0.15, 0.2) is 127 Å². The first-order valence-corrected chi connectivity index (χ1v) is 16.8. The Labute approximate surface area is 287 Å². The van der Waals surface area contributed by atoms with E-state index in [-0.39, 0.29) is 43.2 Å². The van der Waals surface area contributed by atoms with Crippen molar-refractivity contribution in [1.82, 2.24) is 9.80 Å². The molecule has 7 rings (SSSR count). The third-order valence-electron chi connectivity index (χ3n) is 9.77. The molecule has 2 aliphatic rings. The number of amides is 2. The van der Waals surface area contributed by atoms with Crippen LogP contribution in [-0.2, 0) is 22.6 Å². The van der Waals surface area contributed by atoms with Crippen molar-refractivity contribution in [2.45, 2.75) is 51.0 Å². The summed E-state index contributed by atoms with van der Waals surface area (Å²) in [6.45, 7) is 3.12. The molecule has 0 aromatic heterocycles. The van der Waals surface area contributed by atoms with Crippen LogP contribution in [0, 0.1) is 0 Å². The minimum atomic E-state index is -0.579. The first kappa shape index (κ1) is 32.6. The van der Waals surface area contributed by atoms with E-state index in [0.717, 1.165) is 39.9 Å². The van der Waals surface area contributed by atoms with Crippen LogP contribution in [0.4, 0.5) is 0 Å². The predicted molar refractivity (Wildman–Crippen MR) is 188 cm³/mol. The Morgan fingerprint density at radius 1 is 0.735 bits per heavy atom. The van der Waals surface area contributed by atoms with E-state index < -0.39 is 6.29 Å². The Balaban J connectivity index is 1.12. The smallest absolute Gasteiger partial charge is 0.261 e. The summed E-state index contributed by atoms with van der Waals surface area (Å²) in [5.74, 6) is -0.535. The van der Waals surface area contributed by atoms with Gasteiger partial charge >= 0.3 is 0 Å². The van der Waals surface area contributed by atoms with E-state index in [0.29, 0.717) is 17.5 Å². The largest absolute Gasteiger partial charge is 0.392 e. The van der Waals surface area contributed by atoms with Gasteiger partial charge in [0.2, 0.25) is 0 Å². The fourth-order valence-electron chi connectivity index (χ4n) is 6.81. The molecule has 4 atom stereocenters. The lowest BCUT2D eigenvalue weighted by Crippen LogP contribution is -2.38. The number of imide groups is 1. The third-order valence-corrected chi connectivity index (χ3v) is 9.77. The van der Waals surface area contributed by atoms with Gasteiger partial charge < -0.3 is 14.6 Å². The topological polar surface area (TPSA) is 79.3 Å². The van der Waals surface area contributed by atoms with E-state index in [1.165, 1.54) is 10.5 Å². The highest BCUT2D eigenvalue weighted by atomic mass is 16.7. The van der Waals surface area contributed by atoms with E-state index in [1.54, 1.807) is 24.3 Å². The van der Waals surface area contributed by atoms with Crippen LogP contribution in [0.25, 0.3) is 11.1 Å². The standard InChI is InChI=1S/C42H40N2O5/c1-28(30-10-4-3-5-11-30)43(2)26-35-24-39(32-18-16-29(27-45)17-19-32)49-42(48-35)33-22-20-31(21-23-33)36-13-7-6-12-34(36)25-44-40(46)37-14-8-9-15-38(37)41(44)47/h3-23,28,35,39,42,45H,24-27H2,1-2H3/t28-,35+,39-,42-/m0/s1. The van der Waals surface area contributed by atoms with Crippen molar-refractivity contribution in [3.8, 4) is 11.1 Å². The van der Waals surface area contributed by atoms with E-state index in [9.17, 15) is 14.7 Å². The third kappa shape index (κ3) is 6.84. The molecule has 0 unspecified atom stereocenters.